The molecule has 3 rings (SSSR count). The lowest BCUT2D eigenvalue weighted by Crippen LogP contribution is -2.24. The first kappa shape index (κ1) is 15.1. The summed E-state index contributed by atoms with van der Waals surface area (Å²) in [5.74, 6) is 0.229. The van der Waals surface area contributed by atoms with Crippen LogP contribution in [0.1, 0.15) is 26.3 Å². The number of hydrogen-bond donors (Lipinski definition) is 0. The summed E-state index contributed by atoms with van der Waals surface area (Å²) >= 11 is 0. The number of ketones is 1. The van der Waals surface area contributed by atoms with Crippen molar-refractivity contribution in [1.82, 2.24) is 0 Å². The van der Waals surface area contributed by atoms with Gasteiger partial charge in [0.1, 0.15) is 11.5 Å². The second kappa shape index (κ2) is 6.12. The SMILES string of the molecule is COc1cc(OC)cc(C(=O)OC2Cc3ccccc3C2=O)c1. The Morgan fingerprint density at radius 3 is 2.30 bits per heavy atom. The average Bonchev–Trinajstić information content (AvgIpc) is 2.90. The fourth-order valence-corrected chi connectivity index (χ4v) is 2.62. The first-order valence-electron chi connectivity index (χ1n) is 7.18. The van der Waals surface area contributed by atoms with Crippen LogP contribution >= 0.6 is 0 Å². The van der Waals surface area contributed by atoms with Crippen molar-refractivity contribution in [3.05, 3.63) is 59.2 Å². The minimum Gasteiger partial charge on any atom is -0.497 e. The summed E-state index contributed by atoms with van der Waals surface area (Å²) in [4.78, 5) is 24.6. The molecule has 0 saturated carbocycles. The maximum Gasteiger partial charge on any atom is 0.339 e. The smallest absolute Gasteiger partial charge is 0.339 e. The molecule has 0 aliphatic heterocycles. The molecule has 0 saturated heterocycles. The number of rotatable bonds is 4. The van der Waals surface area contributed by atoms with Crippen LogP contribution in [0.5, 0.6) is 11.5 Å². The molecule has 5 heteroatoms. The second-order valence-electron chi connectivity index (χ2n) is 5.22. The lowest BCUT2D eigenvalue weighted by atomic mass is 10.1. The van der Waals surface area contributed by atoms with Crippen LogP contribution in [0.15, 0.2) is 42.5 Å². The third-order valence-corrected chi connectivity index (χ3v) is 3.82. The summed E-state index contributed by atoms with van der Waals surface area (Å²) in [5.41, 5.74) is 1.80. The van der Waals surface area contributed by atoms with E-state index in [1.54, 1.807) is 30.3 Å². The van der Waals surface area contributed by atoms with E-state index in [0.717, 1.165) is 5.56 Å². The number of Topliss-reactive ketones (excluding diaryl/α,β-unsaturated/α-hetero) is 1. The summed E-state index contributed by atoms with van der Waals surface area (Å²) in [6.45, 7) is 0. The van der Waals surface area contributed by atoms with Gasteiger partial charge >= 0.3 is 5.97 Å². The fourth-order valence-electron chi connectivity index (χ4n) is 2.62. The molecule has 23 heavy (non-hydrogen) atoms. The van der Waals surface area contributed by atoms with Crippen LogP contribution < -0.4 is 9.47 Å². The van der Waals surface area contributed by atoms with Crippen LogP contribution in [0.25, 0.3) is 0 Å². The Morgan fingerprint density at radius 1 is 1.04 bits per heavy atom. The van der Waals surface area contributed by atoms with E-state index in [4.69, 9.17) is 14.2 Å². The van der Waals surface area contributed by atoms with Gasteiger partial charge in [0, 0.05) is 18.1 Å². The summed E-state index contributed by atoms with van der Waals surface area (Å²) in [7, 11) is 3.00. The largest absolute Gasteiger partial charge is 0.497 e. The predicted octanol–water partition coefficient (Wildman–Crippen LogP) is 2.67. The lowest BCUT2D eigenvalue weighted by molar-refractivity contribution is 0.0304. The van der Waals surface area contributed by atoms with Crippen molar-refractivity contribution in [1.29, 1.82) is 0 Å². The van der Waals surface area contributed by atoms with Crippen LogP contribution in [0.2, 0.25) is 0 Å². The first-order valence-corrected chi connectivity index (χ1v) is 7.18. The zero-order chi connectivity index (χ0) is 16.4. The molecule has 1 atom stereocenters. The number of carbonyl (C=O) groups is 2. The highest BCUT2D eigenvalue weighted by molar-refractivity contribution is 6.05. The average molecular weight is 312 g/mol. The van der Waals surface area contributed by atoms with E-state index in [-0.39, 0.29) is 11.3 Å². The predicted molar refractivity (Wildman–Crippen MR) is 83.2 cm³/mol. The van der Waals surface area contributed by atoms with Crippen molar-refractivity contribution in [2.24, 2.45) is 0 Å². The standard InChI is InChI=1S/C18H16O5/c1-21-13-7-12(8-14(10-13)22-2)18(20)23-16-9-11-5-3-4-6-15(11)17(16)19/h3-8,10,16H,9H2,1-2H3. The van der Waals surface area contributed by atoms with Gasteiger partial charge < -0.3 is 14.2 Å². The van der Waals surface area contributed by atoms with Gasteiger partial charge in [-0.1, -0.05) is 24.3 Å². The highest BCUT2D eigenvalue weighted by Gasteiger charge is 2.33. The van der Waals surface area contributed by atoms with Gasteiger partial charge in [-0.2, -0.15) is 0 Å². The molecule has 2 aromatic rings. The Hall–Kier alpha value is -2.82. The molecule has 118 valence electrons. The van der Waals surface area contributed by atoms with E-state index < -0.39 is 12.1 Å². The quantitative estimate of drug-likeness (QED) is 0.812. The van der Waals surface area contributed by atoms with Crippen LogP contribution in [-0.2, 0) is 11.2 Å². The van der Waals surface area contributed by atoms with Gasteiger partial charge in [-0.3, -0.25) is 4.79 Å². The fraction of sp³-hybridized carbons (Fsp3) is 0.222. The van der Waals surface area contributed by atoms with Crippen LogP contribution in [0.4, 0.5) is 0 Å². The van der Waals surface area contributed by atoms with Crippen molar-refractivity contribution in [2.45, 2.75) is 12.5 Å². The van der Waals surface area contributed by atoms with Gasteiger partial charge in [-0.05, 0) is 17.7 Å². The monoisotopic (exact) mass is 312 g/mol. The molecule has 0 aromatic heterocycles. The molecular weight excluding hydrogens is 296 g/mol. The van der Waals surface area contributed by atoms with E-state index in [0.29, 0.717) is 23.5 Å². The molecule has 5 nitrogen and oxygen atoms in total. The Balaban J connectivity index is 1.80. The number of ether oxygens (including phenoxy) is 3. The highest BCUT2D eigenvalue weighted by atomic mass is 16.5. The summed E-state index contributed by atoms with van der Waals surface area (Å²) < 4.78 is 15.7. The molecule has 2 aromatic carbocycles. The Labute approximate surface area is 133 Å². The van der Waals surface area contributed by atoms with Crippen molar-refractivity contribution >= 4 is 11.8 Å². The summed E-state index contributed by atoms with van der Waals surface area (Å²) in [5, 5.41) is 0. The highest BCUT2D eigenvalue weighted by Crippen LogP contribution is 2.27. The first-order chi connectivity index (χ1) is 11.1. The molecule has 0 fully saturated rings. The normalized spacial score (nSPS) is 15.9. The van der Waals surface area contributed by atoms with Gasteiger partial charge in [0.25, 0.3) is 0 Å². The third kappa shape index (κ3) is 2.90. The van der Waals surface area contributed by atoms with Crippen LogP contribution in [0.3, 0.4) is 0 Å². The van der Waals surface area contributed by atoms with E-state index in [2.05, 4.69) is 0 Å². The van der Waals surface area contributed by atoms with Gasteiger partial charge in [0.05, 0.1) is 19.8 Å². The number of hydrogen-bond acceptors (Lipinski definition) is 5. The third-order valence-electron chi connectivity index (χ3n) is 3.82. The van der Waals surface area contributed by atoms with Crippen molar-refractivity contribution in [3.63, 3.8) is 0 Å². The maximum atomic E-state index is 12.3. The number of fused-ring (bicyclic) bond motifs is 1. The second-order valence-corrected chi connectivity index (χ2v) is 5.22. The van der Waals surface area contributed by atoms with Gasteiger partial charge in [0.15, 0.2) is 6.10 Å². The van der Waals surface area contributed by atoms with Gasteiger partial charge in [0.2, 0.25) is 5.78 Å². The van der Waals surface area contributed by atoms with E-state index in [9.17, 15) is 9.59 Å². The molecule has 0 heterocycles. The van der Waals surface area contributed by atoms with Crippen LogP contribution in [-0.4, -0.2) is 32.1 Å². The zero-order valence-electron chi connectivity index (χ0n) is 12.9. The maximum absolute atomic E-state index is 12.3. The molecule has 1 unspecified atom stereocenters. The Bertz CT molecular complexity index is 744. The lowest BCUT2D eigenvalue weighted by Gasteiger charge is -2.12. The van der Waals surface area contributed by atoms with E-state index >= 15 is 0 Å². The minimum absolute atomic E-state index is 0.163. The van der Waals surface area contributed by atoms with Gasteiger partial charge in [-0.25, -0.2) is 4.79 Å². The molecule has 0 bridgehead atoms. The Morgan fingerprint density at radius 2 is 1.70 bits per heavy atom. The zero-order valence-corrected chi connectivity index (χ0v) is 12.9. The molecule has 1 aliphatic carbocycles. The number of methoxy groups -OCH3 is 2. The van der Waals surface area contributed by atoms with Crippen molar-refractivity contribution in [2.75, 3.05) is 14.2 Å². The number of carbonyl (C=O) groups excluding carboxylic acids is 2. The molecule has 1 aliphatic rings. The van der Waals surface area contributed by atoms with E-state index in [1.165, 1.54) is 14.2 Å². The molecular formula is C18H16O5. The summed E-state index contributed by atoms with van der Waals surface area (Å²) in [6.07, 6.45) is -0.376. The van der Waals surface area contributed by atoms with Crippen LogP contribution in [0, 0.1) is 0 Å². The van der Waals surface area contributed by atoms with Gasteiger partial charge in [-0.15, -0.1) is 0 Å². The molecule has 0 radical (unpaired) electrons. The van der Waals surface area contributed by atoms with Crippen molar-refractivity contribution in [3.8, 4) is 11.5 Å². The number of esters is 1. The minimum atomic E-state index is -0.780. The molecule has 0 spiro atoms. The van der Waals surface area contributed by atoms with Crippen molar-refractivity contribution < 1.29 is 23.8 Å². The molecule has 0 amide bonds. The number of benzene rings is 2. The summed E-state index contributed by atoms with van der Waals surface area (Å²) in [6, 6.07) is 12.1. The topological polar surface area (TPSA) is 61.8 Å². The molecule has 0 N–H and O–H groups in total. The van der Waals surface area contributed by atoms with E-state index in [1.807, 2.05) is 12.1 Å². The Kier molecular flexibility index (Phi) is 4.02.